The summed E-state index contributed by atoms with van der Waals surface area (Å²) in [7, 11) is 0. The first-order chi connectivity index (χ1) is 11.3. The quantitative estimate of drug-likeness (QED) is 0.776. The molecule has 0 saturated heterocycles. The molecule has 126 valence electrons. The van der Waals surface area contributed by atoms with E-state index in [0.29, 0.717) is 23.5 Å². The third-order valence-electron chi connectivity index (χ3n) is 4.49. The van der Waals surface area contributed by atoms with Crippen LogP contribution in [-0.2, 0) is 6.42 Å². The van der Waals surface area contributed by atoms with Gasteiger partial charge in [0.1, 0.15) is 11.5 Å². The molecule has 0 aliphatic heterocycles. The molecule has 0 spiro atoms. The van der Waals surface area contributed by atoms with Crippen LogP contribution in [0.4, 0.5) is 0 Å². The maximum absolute atomic E-state index is 10.7. The maximum Gasteiger partial charge on any atom is 0.203 e. The van der Waals surface area contributed by atoms with E-state index in [0.717, 1.165) is 28.1 Å². The molecule has 0 bridgehead atoms. The van der Waals surface area contributed by atoms with Gasteiger partial charge in [-0.3, -0.25) is 4.40 Å². The van der Waals surface area contributed by atoms with Crippen molar-refractivity contribution in [3.8, 4) is 17.1 Å². The summed E-state index contributed by atoms with van der Waals surface area (Å²) in [6.07, 6.45) is 0.371. The number of rotatable bonds is 3. The van der Waals surface area contributed by atoms with Gasteiger partial charge in [-0.15, -0.1) is 0 Å². The van der Waals surface area contributed by atoms with Crippen LogP contribution in [0, 0.1) is 34.6 Å². The third kappa shape index (κ3) is 2.45. The predicted molar refractivity (Wildman–Crippen MR) is 94.6 cm³/mol. The van der Waals surface area contributed by atoms with Gasteiger partial charge in [0, 0.05) is 29.8 Å². The zero-order chi connectivity index (χ0) is 17.6. The van der Waals surface area contributed by atoms with E-state index in [-0.39, 0.29) is 12.5 Å². The first-order valence-electron chi connectivity index (χ1n) is 8.11. The number of aromatic hydroxyl groups is 1. The van der Waals surface area contributed by atoms with Crippen molar-refractivity contribution < 1.29 is 10.2 Å². The van der Waals surface area contributed by atoms with Crippen LogP contribution in [0.25, 0.3) is 16.9 Å². The summed E-state index contributed by atoms with van der Waals surface area (Å²) >= 11 is 0. The van der Waals surface area contributed by atoms with Gasteiger partial charge in [-0.2, -0.15) is 0 Å². The largest absolute Gasteiger partial charge is 0.494 e. The Bertz CT molecular complexity index is 919. The molecule has 0 saturated carbocycles. The van der Waals surface area contributed by atoms with Crippen LogP contribution in [0.15, 0.2) is 12.1 Å². The highest BCUT2D eigenvalue weighted by Gasteiger charge is 2.21. The van der Waals surface area contributed by atoms with Gasteiger partial charge in [0.05, 0.1) is 0 Å². The smallest absolute Gasteiger partial charge is 0.203 e. The lowest BCUT2D eigenvalue weighted by Gasteiger charge is -2.12. The molecule has 2 N–H and O–H groups in total. The molecule has 1 aromatic carbocycles. The van der Waals surface area contributed by atoms with E-state index in [9.17, 15) is 10.2 Å². The van der Waals surface area contributed by atoms with Gasteiger partial charge in [-0.1, -0.05) is 17.7 Å². The number of hydrogen-bond acceptors (Lipinski definition) is 4. The Kier molecular flexibility index (Phi) is 4.05. The molecule has 5 nitrogen and oxygen atoms in total. The van der Waals surface area contributed by atoms with Crippen molar-refractivity contribution in [1.82, 2.24) is 14.4 Å². The third-order valence-corrected chi connectivity index (χ3v) is 4.49. The Hall–Kier alpha value is -2.40. The summed E-state index contributed by atoms with van der Waals surface area (Å²) in [6, 6.07) is 4.27. The van der Waals surface area contributed by atoms with Gasteiger partial charge in [-0.05, 0) is 45.7 Å². The van der Waals surface area contributed by atoms with Gasteiger partial charge in [0.25, 0.3) is 0 Å². The number of aryl methyl sites for hydroxylation is 5. The lowest BCUT2D eigenvalue weighted by atomic mass is 9.97. The monoisotopic (exact) mass is 325 g/mol. The number of aliphatic hydroxyl groups is 1. The Morgan fingerprint density at radius 2 is 1.62 bits per heavy atom. The number of nitrogens with zero attached hydrogens (tertiary/aromatic N) is 3. The summed E-state index contributed by atoms with van der Waals surface area (Å²) in [5, 5.41) is 19.9. The minimum absolute atomic E-state index is 0.0294. The Labute approximate surface area is 141 Å². The predicted octanol–water partition coefficient (Wildman–Crippen LogP) is 3.18. The number of benzene rings is 1. The molecule has 2 heterocycles. The number of aliphatic hydroxyl groups excluding tert-OH is 1. The van der Waals surface area contributed by atoms with E-state index >= 15 is 0 Å². The van der Waals surface area contributed by atoms with E-state index in [4.69, 9.17) is 4.98 Å². The fourth-order valence-electron chi connectivity index (χ4n) is 3.53. The fraction of sp³-hybridized carbons (Fsp3) is 0.368. The lowest BCUT2D eigenvalue weighted by Crippen LogP contribution is -2.03. The number of hydrogen-bond donors (Lipinski definition) is 2. The summed E-state index contributed by atoms with van der Waals surface area (Å²) in [4.78, 5) is 9.38. The molecule has 0 atom stereocenters. The molecule has 3 aromatic rings. The zero-order valence-electron chi connectivity index (χ0n) is 14.8. The molecule has 2 aromatic heterocycles. The highest BCUT2D eigenvalue weighted by atomic mass is 16.3. The van der Waals surface area contributed by atoms with E-state index in [1.165, 1.54) is 5.56 Å². The van der Waals surface area contributed by atoms with Gasteiger partial charge in [0.15, 0.2) is 5.65 Å². The molecule has 5 heteroatoms. The van der Waals surface area contributed by atoms with Crippen LogP contribution in [0.5, 0.6) is 5.88 Å². The van der Waals surface area contributed by atoms with Crippen LogP contribution in [0.1, 0.15) is 33.8 Å². The van der Waals surface area contributed by atoms with Crippen molar-refractivity contribution in [2.24, 2.45) is 0 Å². The summed E-state index contributed by atoms with van der Waals surface area (Å²) in [5.74, 6) is 0.800. The van der Waals surface area contributed by atoms with Crippen molar-refractivity contribution in [2.75, 3.05) is 6.61 Å². The summed E-state index contributed by atoms with van der Waals surface area (Å²) in [5.41, 5.74) is 7.39. The molecule has 0 aliphatic rings. The second kappa shape index (κ2) is 5.91. The summed E-state index contributed by atoms with van der Waals surface area (Å²) < 4.78 is 1.67. The van der Waals surface area contributed by atoms with Gasteiger partial charge in [0.2, 0.25) is 5.88 Å². The van der Waals surface area contributed by atoms with Crippen LogP contribution in [-0.4, -0.2) is 31.2 Å². The average Bonchev–Trinajstić information content (AvgIpc) is 2.79. The van der Waals surface area contributed by atoms with Crippen LogP contribution in [0.2, 0.25) is 0 Å². The first-order valence-corrected chi connectivity index (χ1v) is 8.11. The van der Waals surface area contributed by atoms with E-state index < -0.39 is 0 Å². The Morgan fingerprint density at radius 1 is 1.00 bits per heavy atom. The Morgan fingerprint density at radius 3 is 2.21 bits per heavy atom. The van der Waals surface area contributed by atoms with Crippen molar-refractivity contribution in [3.63, 3.8) is 0 Å². The van der Waals surface area contributed by atoms with E-state index in [2.05, 4.69) is 37.9 Å². The van der Waals surface area contributed by atoms with Crippen molar-refractivity contribution in [2.45, 2.75) is 41.0 Å². The van der Waals surface area contributed by atoms with Crippen molar-refractivity contribution in [3.05, 3.63) is 45.9 Å². The molecule has 0 radical (unpaired) electrons. The number of fused-ring (bicyclic) bond motifs is 1. The van der Waals surface area contributed by atoms with Gasteiger partial charge in [-0.25, -0.2) is 9.97 Å². The Balaban J connectivity index is 2.37. The zero-order valence-corrected chi connectivity index (χ0v) is 14.8. The van der Waals surface area contributed by atoms with E-state index in [1.807, 2.05) is 13.8 Å². The van der Waals surface area contributed by atoms with Gasteiger partial charge >= 0.3 is 0 Å². The minimum Gasteiger partial charge on any atom is -0.494 e. The highest BCUT2D eigenvalue weighted by Crippen LogP contribution is 2.34. The van der Waals surface area contributed by atoms with Crippen LogP contribution >= 0.6 is 0 Å². The topological polar surface area (TPSA) is 70.7 Å². The molecule has 0 amide bonds. The molecule has 0 fully saturated rings. The normalized spacial score (nSPS) is 11.4. The molecular formula is C19H23N3O2. The van der Waals surface area contributed by atoms with Gasteiger partial charge < -0.3 is 10.2 Å². The molecule has 0 aliphatic carbocycles. The summed E-state index contributed by atoms with van der Waals surface area (Å²) in [6.45, 7) is 9.90. The fourth-order valence-corrected chi connectivity index (χ4v) is 3.53. The van der Waals surface area contributed by atoms with Crippen LogP contribution in [0.3, 0.4) is 0 Å². The highest BCUT2D eigenvalue weighted by molar-refractivity contribution is 5.80. The van der Waals surface area contributed by atoms with E-state index in [1.54, 1.807) is 4.40 Å². The molecule has 3 rings (SSSR count). The molecule has 24 heavy (non-hydrogen) atoms. The number of aromatic nitrogens is 3. The standard InChI is InChI=1S/C19H23N3O2/c1-10-8-11(2)16(12(3)9-10)17-18-20-13(4)15(6-7-23)19(24)22(18)14(5)21-17/h8-9,23-24H,6-7H2,1-5H3. The second-order valence-electron chi connectivity index (χ2n) is 6.41. The minimum atomic E-state index is -0.0294. The van der Waals surface area contributed by atoms with Crippen molar-refractivity contribution >= 4 is 5.65 Å². The lowest BCUT2D eigenvalue weighted by molar-refractivity contribution is 0.296. The molecular weight excluding hydrogens is 302 g/mol. The van der Waals surface area contributed by atoms with Crippen LogP contribution < -0.4 is 0 Å². The number of imidazole rings is 1. The van der Waals surface area contributed by atoms with Crippen molar-refractivity contribution in [1.29, 1.82) is 0 Å². The molecule has 0 unspecified atom stereocenters. The first kappa shape index (κ1) is 16.5. The average molecular weight is 325 g/mol. The SMILES string of the molecule is Cc1cc(C)c(-c2nc(C)n3c(O)c(CCO)c(C)nc23)c(C)c1. The maximum atomic E-state index is 10.7. The second-order valence-corrected chi connectivity index (χ2v) is 6.41.